The van der Waals surface area contributed by atoms with E-state index in [9.17, 15) is 10.1 Å². The molecule has 0 radical (unpaired) electrons. The van der Waals surface area contributed by atoms with Gasteiger partial charge >= 0.3 is 0 Å². The van der Waals surface area contributed by atoms with E-state index in [1.54, 1.807) is 6.92 Å². The van der Waals surface area contributed by atoms with Crippen LogP contribution in [0.5, 0.6) is 0 Å². The molecule has 5 heteroatoms. The summed E-state index contributed by atoms with van der Waals surface area (Å²) in [5.41, 5.74) is 1.77. The fourth-order valence-corrected chi connectivity index (χ4v) is 2.12. The normalized spacial score (nSPS) is 13.2. The summed E-state index contributed by atoms with van der Waals surface area (Å²) in [6.45, 7) is 11.4. The first-order valence-electron chi connectivity index (χ1n) is 7.09. The van der Waals surface area contributed by atoms with Crippen LogP contribution in [0.15, 0.2) is 12.3 Å². The number of aryl methyl sites for hydroxylation is 1. The highest BCUT2D eigenvalue weighted by Crippen LogP contribution is 2.24. The molecule has 5 nitrogen and oxygen atoms in total. The van der Waals surface area contributed by atoms with E-state index in [2.05, 4.69) is 38.0 Å². The molecule has 0 bridgehead atoms. The van der Waals surface area contributed by atoms with Gasteiger partial charge in [-0.3, -0.25) is 15.1 Å². The van der Waals surface area contributed by atoms with Crippen LogP contribution in [-0.4, -0.2) is 22.5 Å². The van der Waals surface area contributed by atoms with Gasteiger partial charge in [-0.2, -0.15) is 0 Å². The van der Waals surface area contributed by atoms with E-state index in [0.717, 1.165) is 25.1 Å². The molecule has 1 heterocycles. The van der Waals surface area contributed by atoms with Gasteiger partial charge in [0.1, 0.15) is 6.20 Å². The molecule has 1 aromatic heterocycles. The summed E-state index contributed by atoms with van der Waals surface area (Å²) in [5.74, 6) is 0. The van der Waals surface area contributed by atoms with E-state index < -0.39 is 0 Å². The van der Waals surface area contributed by atoms with Gasteiger partial charge in [0.15, 0.2) is 0 Å². The van der Waals surface area contributed by atoms with E-state index in [0.29, 0.717) is 11.6 Å². The molecule has 0 aliphatic rings. The molecule has 0 saturated carbocycles. The number of nitrogens with zero attached hydrogens (tertiary/aromatic N) is 2. The summed E-state index contributed by atoms with van der Waals surface area (Å²) in [4.78, 5) is 14.7. The van der Waals surface area contributed by atoms with Crippen LogP contribution in [0.4, 0.5) is 5.69 Å². The molecule has 1 aromatic rings. The molecule has 0 saturated heterocycles. The Morgan fingerprint density at radius 1 is 1.45 bits per heavy atom. The molecule has 1 rings (SSSR count). The molecule has 1 unspecified atom stereocenters. The fourth-order valence-electron chi connectivity index (χ4n) is 2.12. The molecule has 0 aliphatic heterocycles. The number of hydrogen-bond acceptors (Lipinski definition) is 4. The van der Waals surface area contributed by atoms with Crippen molar-refractivity contribution in [1.82, 2.24) is 10.3 Å². The van der Waals surface area contributed by atoms with E-state index in [1.165, 1.54) is 6.20 Å². The second-order valence-corrected chi connectivity index (χ2v) is 6.30. The van der Waals surface area contributed by atoms with E-state index >= 15 is 0 Å². The molecule has 20 heavy (non-hydrogen) atoms. The summed E-state index contributed by atoms with van der Waals surface area (Å²) < 4.78 is 0. The Labute approximate surface area is 121 Å². The number of nitrogens with one attached hydrogen (secondary N) is 1. The molecular weight excluding hydrogens is 254 g/mol. The smallest absolute Gasteiger partial charge is 0.290 e. The third-order valence-corrected chi connectivity index (χ3v) is 3.44. The van der Waals surface area contributed by atoms with Crippen molar-refractivity contribution in [3.8, 4) is 0 Å². The Hall–Kier alpha value is -1.49. The molecule has 0 fully saturated rings. The maximum Gasteiger partial charge on any atom is 0.290 e. The van der Waals surface area contributed by atoms with Crippen molar-refractivity contribution in [2.75, 3.05) is 6.54 Å². The van der Waals surface area contributed by atoms with Crippen molar-refractivity contribution in [2.24, 2.45) is 5.41 Å². The molecule has 0 amide bonds. The minimum absolute atomic E-state index is 0.0857. The summed E-state index contributed by atoms with van der Waals surface area (Å²) >= 11 is 0. The minimum Gasteiger partial charge on any atom is -0.313 e. The van der Waals surface area contributed by atoms with Crippen molar-refractivity contribution in [3.63, 3.8) is 0 Å². The molecular formula is C15H25N3O2. The van der Waals surface area contributed by atoms with Gasteiger partial charge in [-0.05, 0) is 31.4 Å². The van der Waals surface area contributed by atoms with Crippen LogP contribution in [0, 0.1) is 22.5 Å². The third-order valence-electron chi connectivity index (χ3n) is 3.44. The number of hydrogen-bond donors (Lipinski definition) is 1. The van der Waals surface area contributed by atoms with Gasteiger partial charge in [0.05, 0.1) is 4.92 Å². The van der Waals surface area contributed by atoms with Gasteiger partial charge in [-0.1, -0.05) is 27.7 Å². The van der Waals surface area contributed by atoms with Crippen LogP contribution in [0.1, 0.15) is 45.4 Å². The number of pyridine rings is 1. The number of aromatic nitrogens is 1. The summed E-state index contributed by atoms with van der Waals surface area (Å²) in [7, 11) is 0. The van der Waals surface area contributed by atoms with Gasteiger partial charge in [0, 0.05) is 23.7 Å². The van der Waals surface area contributed by atoms with Crippen LogP contribution in [0.25, 0.3) is 0 Å². The zero-order valence-corrected chi connectivity index (χ0v) is 13.1. The van der Waals surface area contributed by atoms with Gasteiger partial charge in [-0.25, -0.2) is 0 Å². The quantitative estimate of drug-likeness (QED) is 0.641. The van der Waals surface area contributed by atoms with Gasteiger partial charge in [0.2, 0.25) is 0 Å². The molecule has 1 N–H and O–H groups in total. The van der Waals surface area contributed by atoms with Crippen LogP contribution in [0.3, 0.4) is 0 Å². The summed E-state index contributed by atoms with van der Waals surface area (Å²) in [6.07, 6.45) is 3.23. The lowest BCUT2D eigenvalue weighted by Crippen LogP contribution is -2.42. The first-order chi connectivity index (χ1) is 9.25. The topological polar surface area (TPSA) is 68.1 Å². The van der Waals surface area contributed by atoms with Crippen LogP contribution in [-0.2, 0) is 6.42 Å². The van der Waals surface area contributed by atoms with Crippen molar-refractivity contribution >= 4 is 5.69 Å². The zero-order chi connectivity index (χ0) is 15.3. The maximum absolute atomic E-state index is 10.8. The molecule has 112 valence electrons. The van der Waals surface area contributed by atoms with Gasteiger partial charge in [0.25, 0.3) is 5.69 Å². The Balaban J connectivity index is 2.88. The Morgan fingerprint density at radius 3 is 2.55 bits per heavy atom. The average molecular weight is 279 g/mol. The molecule has 0 aliphatic carbocycles. The zero-order valence-electron chi connectivity index (χ0n) is 13.1. The largest absolute Gasteiger partial charge is 0.313 e. The van der Waals surface area contributed by atoms with Gasteiger partial charge < -0.3 is 5.32 Å². The third kappa shape index (κ3) is 4.56. The molecule has 0 aromatic carbocycles. The minimum atomic E-state index is -0.386. The predicted octanol–water partition coefficient (Wildman–Crippen LogP) is 3.26. The molecule has 0 spiro atoms. The van der Waals surface area contributed by atoms with Gasteiger partial charge in [-0.15, -0.1) is 0 Å². The highest BCUT2D eigenvalue weighted by atomic mass is 16.6. The predicted molar refractivity (Wildman–Crippen MR) is 80.9 cm³/mol. The maximum atomic E-state index is 10.8. The summed E-state index contributed by atoms with van der Waals surface area (Å²) in [5, 5.41) is 14.3. The lowest BCUT2D eigenvalue weighted by Gasteiger charge is -2.31. The highest BCUT2D eigenvalue weighted by molar-refractivity contribution is 5.37. The SMILES string of the molecule is CCCNC(Cc1cc(C)c([N+](=O)[O-])cn1)C(C)(C)C. The van der Waals surface area contributed by atoms with Crippen LogP contribution >= 0.6 is 0 Å². The second kappa shape index (κ2) is 6.79. The van der Waals surface area contributed by atoms with E-state index in [1.807, 2.05) is 6.07 Å². The van der Waals surface area contributed by atoms with Crippen molar-refractivity contribution < 1.29 is 4.92 Å². The fraction of sp³-hybridized carbons (Fsp3) is 0.667. The first kappa shape index (κ1) is 16.6. The Bertz CT molecular complexity index is 467. The van der Waals surface area contributed by atoms with Crippen LogP contribution < -0.4 is 5.32 Å². The standard InChI is InChI=1S/C15H25N3O2/c1-6-7-16-14(15(3,4)5)9-12-8-11(2)13(10-17-12)18(19)20/h8,10,14,16H,6-7,9H2,1-5H3. The molecule has 1 atom stereocenters. The first-order valence-corrected chi connectivity index (χ1v) is 7.09. The summed E-state index contributed by atoms with van der Waals surface area (Å²) in [6, 6.07) is 2.13. The van der Waals surface area contributed by atoms with Crippen molar-refractivity contribution in [1.29, 1.82) is 0 Å². The van der Waals surface area contributed by atoms with E-state index in [4.69, 9.17) is 0 Å². The van der Waals surface area contributed by atoms with Crippen molar-refractivity contribution in [2.45, 2.75) is 53.5 Å². The lowest BCUT2D eigenvalue weighted by atomic mass is 9.83. The van der Waals surface area contributed by atoms with Crippen molar-refractivity contribution in [3.05, 3.63) is 33.6 Å². The monoisotopic (exact) mass is 279 g/mol. The number of nitro groups is 1. The van der Waals surface area contributed by atoms with Crippen LogP contribution in [0.2, 0.25) is 0 Å². The Kier molecular flexibility index (Phi) is 5.62. The second-order valence-electron chi connectivity index (χ2n) is 6.30. The highest BCUT2D eigenvalue weighted by Gasteiger charge is 2.25. The lowest BCUT2D eigenvalue weighted by molar-refractivity contribution is -0.385. The van der Waals surface area contributed by atoms with E-state index in [-0.39, 0.29) is 16.0 Å². The number of rotatable bonds is 6. The average Bonchev–Trinajstić information content (AvgIpc) is 2.32. The Morgan fingerprint density at radius 2 is 2.10 bits per heavy atom.